The minimum absolute atomic E-state index is 0.203. The van der Waals surface area contributed by atoms with Crippen molar-refractivity contribution in [2.45, 2.75) is 19.8 Å². The van der Waals surface area contributed by atoms with Crippen LogP contribution in [0.15, 0.2) is 18.2 Å². The van der Waals surface area contributed by atoms with E-state index in [1.165, 1.54) is 12.1 Å². The Balaban J connectivity index is 2.72. The van der Waals surface area contributed by atoms with E-state index in [1.807, 2.05) is 6.92 Å². The van der Waals surface area contributed by atoms with Crippen LogP contribution in [0.5, 0.6) is 0 Å². The molecule has 1 aromatic rings. The van der Waals surface area contributed by atoms with Crippen LogP contribution >= 0.6 is 0 Å². The molecule has 0 radical (unpaired) electrons. The topological polar surface area (TPSA) is 101 Å². The van der Waals surface area contributed by atoms with Crippen molar-refractivity contribution < 1.29 is 17.6 Å². The van der Waals surface area contributed by atoms with Gasteiger partial charge in [-0.05, 0) is 37.1 Å². The van der Waals surface area contributed by atoms with Crippen LogP contribution in [-0.2, 0) is 14.8 Å². The smallest absolute Gasteiger partial charge is 0.229 e. The van der Waals surface area contributed by atoms with E-state index in [9.17, 15) is 17.6 Å². The van der Waals surface area contributed by atoms with E-state index < -0.39 is 15.8 Å². The molecule has 0 saturated carbocycles. The second-order valence-electron chi connectivity index (χ2n) is 5.00. The Morgan fingerprint density at radius 1 is 1.43 bits per heavy atom. The molecule has 0 saturated heterocycles. The monoisotopic (exact) mass is 317 g/mol. The first-order valence-corrected chi connectivity index (χ1v) is 8.37. The molecule has 1 unspecified atom stereocenters. The second kappa shape index (κ2) is 7.37. The molecule has 8 heteroatoms. The van der Waals surface area contributed by atoms with Gasteiger partial charge in [0, 0.05) is 12.1 Å². The summed E-state index contributed by atoms with van der Waals surface area (Å²) in [6.07, 6.45) is 1.87. The van der Waals surface area contributed by atoms with Gasteiger partial charge in [-0.1, -0.05) is 6.92 Å². The van der Waals surface area contributed by atoms with Crippen molar-refractivity contribution in [3.63, 3.8) is 0 Å². The van der Waals surface area contributed by atoms with Crippen molar-refractivity contribution in [3.05, 3.63) is 24.0 Å². The van der Waals surface area contributed by atoms with Crippen molar-refractivity contribution in [2.75, 3.05) is 22.8 Å². The number of carbonyl (C=O) groups is 1. The lowest BCUT2D eigenvalue weighted by atomic mass is 10.1. The molecule has 0 fully saturated rings. The number of nitrogens with two attached hydrogens (primary N) is 1. The van der Waals surface area contributed by atoms with E-state index in [2.05, 4.69) is 10.0 Å². The van der Waals surface area contributed by atoms with E-state index >= 15 is 0 Å². The van der Waals surface area contributed by atoms with Gasteiger partial charge in [0.15, 0.2) is 0 Å². The first-order valence-electron chi connectivity index (χ1n) is 6.48. The standard InChI is InChI=1S/C13H20FN3O3S/c1-9(8-15)3-6-13(18)16-10-4-5-11(14)12(7-10)17-21(2,19)20/h4-5,7,9,17H,3,6,8,15H2,1-2H3,(H,16,18). The minimum atomic E-state index is -3.59. The molecule has 1 aromatic carbocycles. The Morgan fingerprint density at radius 3 is 2.67 bits per heavy atom. The average molecular weight is 317 g/mol. The van der Waals surface area contributed by atoms with Crippen LogP contribution in [0.2, 0.25) is 0 Å². The molecule has 0 aliphatic rings. The van der Waals surface area contributed by atoms with Gasteiger partial charge in [0.2, 0.25) is 15.9 Å². The van der Waals surface area contributed by atoms with Crippen molar-refractivity contribution in [1.82, 2.24) is 0 Å². The highest BCUT2D eigenvalue weighted by Crippen LogP contribution is 2.21. The number of halogens is 1. The number of hydrogen-bond donors (Lipinski definition) is 3. The summed E-state index contributed by atoms with van der Waals surface area (Å²) in [6.45, 7) is 2.45. The van der Waals surface area contributed by atoms with Gasteiger partial charge in [0.25, 0.3) is 0 Å². The Bertz CT molecular complexity index is 605. The number of carbonyl (C=O) groups excluding carboxylic acids is 1. The minimum Gasteiger partial charge on any atom is -0.330 e. The predicted molar refractivity (Wildman–Crippen MR) is 80.9 cm³/mol. The lowest BCUT2D eigenvalue weighted by molar-refractivity contribution is -0.116. The maximum atomic E-state index is 13.5. The summed E-state index contributed by atoms with van der Waals surface area (Å²) < 4.78 is 37.8. The number of anilines is 2. The van der Waals surface area contributed by atoms with E-state index in [0.717, 1.165) is 12.3 Å². The SMILES string of the molecule is CC(CN)CCC(=O)Nc1ccc(F)c(NS(C)(=O)=O)c1. The molecule has 0 spiro atoms. The summed E-state index contributed by atoms with van der Waals surface area (Å²) in [5.41, 5.74) is 5.59. The molecular weight excluding hydrogens is 297 g/mol. The molecule has 6 nitrogen and oxygen atoms in total. The molecule has 21 heavy (non-hydrogen) atoms. The summed E-state index contributed by atoms with van der Waals surface area (Å²) in [7, 11) is -3.59. The third-order valence-electron chi connectivity index (χ3n) is 2.81. The average Bonchev–Trinajstić information content (AvgIpc) is 2.38. The van der Waals surface area contributed by atoms with Crippen LogP contribution in [-0.4, -0.2) is 27.1 Å². The molecule has 0 aromatic heterocycles. The zero-order chi connectivity index (χ0) is 16.0. The number of benzene rings is 1. The first-order chi connectivity index (χ1) is 9.71. The van der Waals surface area contributed by atoms with Gasteiger partial charge in [0.1, 0.15) is 5.82 Å². The molecule has 0 aliphatic heterocycles. The van der Waals surface area contributed by atoms with Crippen LogP contribution < -0.4 is 15.8 Å². The van der Waals surface area contributed by atoms with Crippen LogP contribution in [0.25, 0.3) is 0 Å². The fourth-order valence-electron chi connectivity index (χ4n) is 1.60. The quantitative estimate of drug-likeness (QED) is 0.709. The van der Waals surface area contributed by atoms with Gasteiger partial charge >= 0.3 is 0 Å². The lowest BCUT2D eigenvalue weighted by Crippen LogP contribution is -2.17. The van der Waals surface area contributed by atoms with E-state index in [0.29, 0.717) is 25.1 Å². The van der Waals surface area contributed by atoms with Gasteiger partial charge in [-0.3, -0.25) is 9.52 Å². The fraction of sp³-hybridized carbons (Fsp3) is 0.462. The van der Waals surface area contributed by atoms with Crippen molar-refractivity contribution in [3.8, 4) is 0 Å². The Morgan fingerprint density at radius 2 is 2.10 bits per heavy atom. The number of hydrogen-bond acceptors (Lipinski definition) is 4. The Hall–Kier alpha value is -1.67. The normalized spacial score (nSPS) is 12.8. The number of rotatable bonds is 7. The van der Waals surface area contributed by atoms with Crippen LogP contribution in [0.3, 0.4) is 0 Å². The first kappa shape index (κ1) is 17.4. The maximum absolute atomic E-state index is 13.5. The zero-order valence-electron chi connectivity index (χ0n) is 12.0. The summed E-state index contributed by atoms with van der Waals surface area (Å²) >= 11 is 0. The maximum Gasteiger partial charge on any atom is 0.229 e. The molecule has 4 N–H and O–H groups in total. The van der Waals surface area contributed by atoms with Gasteiger partial charge < -0.3 is 11.1 Å². The molecule has 118 valence electrons. The zero-order valence-corrected chi connectivity index (χ0v) is 12.8. The van der Waals surface area contributed by atoms with Crippen molar-refractivity contribution in [1.29, 1.82) is 0 Å². The lowest BCUT2D eigenvalue weighted by Gasteiger charge is -2.11. The largest absolute Gasteiger partial charge is 0.330 e. The number of nitrogens with one attached hydrogen (secondary N) is 2. The molecule has 0 aliphatic carbocycles. The van der Waals surface area contributed by atoms with Gasteiger partial charge in [-0.15, -0.1) is 0 Å². The molecule has 0 bridgehead atoms. The van der Waals surface area contributed by atoms with E-state index in [4.69, 9.17) is 5.73 Å². The van der Waals surface area contributed by atoms with E-state index in [-0.39, 0.29) is 17.5 Å². The third-order valence-corrected chi connectivity index (χ3v) is 3.40. The highest BCUT2D eigenvalue weighted by atomic mass is 32.2. The summed E-state index contributed by atoms with van der Waals surface area (Å²) in [4.78, 5) is 11.7. The van der Waals surface area contributed by atoms with Gasteiger partial charge in [-0.2, -0.15) is 0 Å². The second-order valence-corrected chi connectivity index (χ2v) is 6.75. The van der Waals surface area contributed by atoms with Gasteiger partial charge in [0.05, 0.1) is 11.9 Å². The summed E-state index contributed by atoms with van der Waals surface area (Å²) in [6, 6.07) is 3.69. The van der Waals surface area contributed by atoms with Crippen LogP contribution in [0, 0.1) is 11.7 Å². The molecule has 1 amide bonds. The molecule has 0 heterocycles. The van der Waals surface area contributed by atoms with Crippen molar-refractivity contribution in [2.24, 2.45) is 11.7 Å². The van der Waals surface area contributed by atoms with Crippen LogP contribution in [0.4, 0.5) is 15.8 Å². The highest BCUT2D eigenvalue weighted by Gasteiger charge is 2.11. The van der Waals surface area contributed by atoms with E-state index in [1.54, 1.807) is 0 Å². The van der Waals surface area contributed by atoms with Crippen LogP contribution in [0.1, 0.15) is 19.8 Å². The summed E-state index contributed by atoms with van der Waals surface area (Å²) in [5, 5.41) is 2.59. The molecule has 1 rings (SSSR count). The fourth-order valence-corrected chi connectivity index (χ4v) is 2.16. The summed E-state index contributed by atoms with van der Waals surface area (Å²) in [5.74, 6) is -0.700. The number of amides is 1. The Kier molecular flexibility index (Phi) is 6.10. The van der Waals surface area contributed by atoms with Gasteiger partial charge in [-0.25, -0.2) is 12.8 Å². The highest BCUT2D eigenvalue weighted by molar-refractivity contribution is 7.92. The molecular formula is C13H20FN3O3S. The van der Waals surface area contributed by atoms with Crippen molar-refractivity contribution >= 4 is 27.3 Å². The number of sulfonamides is 1. The third kappa shape index (κ3) is 6.54. The Labute approximate surface area is 124 Å². The molecule has 1 atom stereocenters. The predicted octanol–water partition coefficient (Wildman–Crippen LogP) is 1.51.